The number of carbonyl (C=O) groups excluding carboxylic acids is 1. The molecule has 3 aromatic rings. The number of methoxy groups -OCH3 is 1. The summed E-state index contributed by atoms with van der Waals surface area (Å²) in [4.78, 5) is 17.8. The van der Waals surface area contributed by atoms with Crippen LogP contribution in [-0.4, -0.2) is 50.6 Å². The second-order valence-corrected chi connectivity index (χ2v) is 8.73. The summed E-state index contributed by atoms with van der Waals surface area (Å²) in [6, 6.07) is 15.4. The summed E-state index contributed by atoms with van der Waals surface area (Å²) in [6.45, 7) is 7.21. The van der Waals surface area contributed by atoms with E-state index in [1.165, 1.54) is 0 Å². The van der Waals surface area contributed by atoms with Crippen LogP contribution in [-0.2, 0) is 0 Å². The number of hydrogen-bond acceptors (Lipinski definition) is 4. The molecule has 1 amide bonds. The van der Waals surface area contributed by atoms with Gasteiger partial charge in [0.15, 0.2) is 0 Å². The highest BCUT2D eigenvalue weighted by Crippen LogP contribution is 2.37. The van der Waals surface area contributed by atoms with Gasteiger partial charge in [-0.3, -0.25) is 4.79 Å². The Morgan fingerprint density at radius 3 is 2.55 bits per heavy atom. The molecule has 5 nitrogen and oxygen atoms in total. The zero-order chi connectivity index (χ0) is 22.0. The van der Waals surface area contributed by atoms with Gasteiger partial charge >= 0.3 is 0 Å². The molecular formula is C24H25BrClN3O2. The number of piperazine rings is 1. The van der Waals surface area contributed by atoms with Gasteiger partial charge in [-0.25, -0.2) is 0 Å². The van der Waals surface area contributed by atoms with Crippen molar-refractivity contribution in [1.29, 1.82) is 0 Å². The molecule has 31 heavy (non-hydrogen) atoms. The van der Waals surface area contributed by atoms with Crippen LogP contribution < -0.4 is 15.0 Å². The molecule has 0 unspecified atom stereocenters. The highest BCUT2D eigenvalue weighted by Gasteiger charge is 2.20. The zero-order valence-electron chi connectivity index (χ0n) is 17.6. The predicted molar refractivity (Wildman–Crippen MR) is 132 cm³/mol. The Morgan fingerprint density at radius 1 is 1.13 bits per heavy atom. The molecule has 0 atom stereocenters. The number of nitrogens with one attached hydrogen (secondary N) is 1. The quantitative estimate of drug-likeness (QED) is 0.489. The van der Waals surface area contributed by atoms with Crippen LogP contribution in [0.3, 0.4) is 0 Å². The van der Waals surface area contributed by atoms with E-state index in [-0.39, 0.29) is 5.91 Å². The number of hydrogen-bond donors (Lipinski definition) is 1. The van der Waals surface area contributed by atoms with Crippen LogP contribution in [0.4, 0.5) is 11.4 Å². The van der Waals surface area contributed by atoms with Crippen molar-refractivity contribution in [2.45, 2.75) is 6.92 Å². The minimum Gasteiger partial charge on any atom is -0.495 e. The number of halogens is 2. The van der Waals surface area contributed by atoms with E-state index in [1.807, 2.05) is 48.5 Å². The molecule has 1 aliphatic heterocycles. The number of ether oxygens (including phenoxy) is 1. The standard InChI is InChI=1S/C24H25BrClN3O2/c1-3-28-10-12-29(13-11-28)21-9-8-17(15-20(21)26)27-24(30)19-14-16-6-4-5-7-18(16)22(25)23(19)31-2/h4-9,14-15H,3,10-13H2,1-2H3,(H,27,30). The molecule has 0 aromatic heterocycles. The molecule has 3 aromatic carbocycles. The fourth-order valence-corrected chi connectivity index (χ4v) is 5.03. The predicted octanol–water partition coefficient (Wildman–Crippen LogP) is 5.66. The van der Waals surface area contributed by atoms with Gasteiger partial charge in [-0.05, 0) is 57.5 Å². The SMILES string of the molecule is CCN1CCN(c2ccc(NC(=O)c3cc4ccccc4c(Br)c3OC)cc2Cl)CC1. The van der Waals surface area contributed by atoms with Gasteiger partial charge in [-0.1, -0.05) is 42.8 Å². The van der Waals surface area contributed by atoms with E-state index in [0.29, 0.717) is 22.0 Å². The maximum atomic E-state index is 13.1. The normalized spacial score (nSPS) is 14.6. The topological polar surface area (TPSA) is 44.8 Å². The van der Waals surface area contributed by atoms with Gasteiger partial charge in [0.1, 0.15) is 5.75 Å². The third-order valence-corrected chi connectivity index (χ3v) is 6.85. The first-order valence-electron chi connectivity index (χ1n) is 10.3. The first kappa shape index (κ1) is 21.9. The lowest BCUT2D eigenvalue weighted by atomic mass is 10.0. The fourth-order valence-electron chi connectivity index (χ4n) is 4.00. The summed E-state index contributed by atoms with van der Waals surface area (Å²) >= 11 is 10.2. The Morgan fingerprint density at radius 2 is 1.87 bits per heavy atom. The number of benzene rings is 3. The lowest BCUT2D eigenvalue weighted by Gasteiger charge is -2.36. The van der Waals surface area contributed by atoms with Crippen molar-refractivity contribution in [3.63, 3.8) is 0 Å². The largest absolute Gasteiger partial charge is 0.495 e. The van der Waals surface area contributed by atoms with Crippen LogP contribution >= 0.6 is 27.5 Å². The lowest BCUT2D eigenvalue weighted by molar-refractivity contribution is 0.102. The Bertz CT molecular complexity index is 1110. The van der Waals surface area contributed by atoms with Gasteiger partial charge in [-0.2, -0.15) is 0 Å². The van der Waals surface area contributed by atoms with E-state index in [2.05, 4.69) is 38.0 Å². The zero-order valence-corrected chi connectivity index (χ0v) is 20.0. The van der Waals surface area contributed by atoms with Crippen molar-refractivity contribution >= 4 is 55.6 Å². The molecule has 1 aliphatic rings. The van der Waals surface area contributed by atoms with E-state index in [4.69, 9.17) is 16.3 Å². The van der Waals surface area contributed by atoms with Crippen LogP contribution in [0, 0.1) is 0 Å². The number of anilines is 2. The van der Waals surface area contributed by atoms with Crippen molar-refractivity contribution in [2.24, 2.45) is 0 Å². The fraction of sp³-hybridized carbons (Fsp3) is 0.292. The van der Waals surface area contributed by atoms with Gasteiger partial charge in [0.2, 0.25) is 0 Å². The van der Waals surface area contributed by atoms with Gasteiger partial charge in [-0.15, -0.1) is 0 Å². The third-order valence-electron chi connectivity index (χ3n) is 5.76. The summed E-state index contributed by atoms with van der Waals surface area (Å²) in [6.07, 6.45) is 0. The second-order valence-electron chi connectivity index (χ2n) is 7.53. The van der Waals surface area contributed by atoms with Crippen molar-refractivity contribution < 1.29 is 9.53 Å². The van der Waals surface area contributed by atoms with Crippen LogP contribution in [0.25, 0.3) is 10.8 Å². The molecule has 0 aliphatic carbocycles. The van der Waals surface area contributed by atoms with Crippen molar-refractivity contribution in [2.75, 3.05) is 50.1 Å². The number of likely N-dealkylation sites (N-methyl/N-ethyl adjacent to an activating group) is 1. The second kappa shape index (κ2) is 9.47. The van der Waals surface area contributed by atoms with Crippen molar-refractivity contribution in [3.05, 3.63) is 63.6 Å². The van der Waals surface area contributed by atoms with Gasteiger partial charge < -0.3 is 19.9 Å². The molecule has 1 fully saturated rings. The molecule has 7 heteroatoms. The minimum absolute atomic E-state index is 0.247. The maximum Gasteiger partial charge on any atom is 0.259 e. The summed E-state index contributed by atoms with van der Waals surface area (Å²) < 4.78 is 6.30. The maximum absolute atomic E-state index is 13.1. The van der Waals surface area contributed by atoms with Gasteiger partial charge in [0.25, 0.3) is 5.91 Å². The molecule has 0 bridgehead atoms. The van der Waals surface area contributed by atoms with Crippen LogP contribution in [0.2, 0.25) is 5.02 Å². The van der Waals surface area contributed by atoms with E-state index in [1.54, 1.807) is 7.11 Å². The first-order valence-corrected chi connectivity index (χ1v) is 11.5. The Kier molecular flexibility index (Phi) is 6.70. The van der Waals surface area contributed by atoms with Crippen molar-refractivity contribution in [3.8, 4) is 5.75 Å². The van der Waals surface area contributed by atoms with E-state index in [9.17, 15) is 4.79 Å². The van der Waals surface area contributed by atoms with E-state index >= 15 is 0 Å². The Labute approximate surface area is 196 Å². The van der Waals surface area contributed by atoms with E-state index < -0.39 is 0 Å². The average Bonchev–Trinajstić information content (AvgIpc) is 2.79. The Hall–Kier alpha value is -2.28. The van der Waals surface area contributed by atoms with Crippen LogP contribution in [0.1, 0.15) is 17.3 Å². The van der Waals surface area contributed by atoms with E-state index in [0.717, 1.165) is 53.7 Å². The number of nitrogens with zero attached hydrogens (tertiary/aromatic N) is 2. The van der Waals surface area contributed by atoms with Crippen LogP contribution in [0.15, 0.2) is 53.0 Å². The number of carbonyl (C=O) groups is 1. The molecule has 4 rings (SSSR count). The summed E-state index contributed by atoms with van der Waals surface area (Å²) in [5, 5.41) is 5.55. The van der Waals surface area contributed by atoms with Gasteiger partial charge in [0, 0.05) is 31.9 Å². The van der Waals surface area contributed by atoms with Crippen molar-refractivity contribution in [1.82, 2.24) is 4.90 Å². The number of fused-ring (bicyclic) bond motifs is 1. The molecule has 0 radical (unpaired) electrons. The third kappa shape index (κ3) is 4.52. The average molecular weight is 503 g/mol. The highest BCUT2D eigenvalue weighted by molar-refractivity contribution is 9.10. The summed E-state index contributed by atoms with van der Waals surface area (Å²) in [7, 11) is 1.57. The molecule has 1 N–H and O–H groups in total. The summed E-state index contributed by atoms with van der Waals surface area (Å²) in [5.41, 5.74) is 2.11. The highest BCUT2D eigenvalue weighted by atomic mass is 79.9. The molecule has 0 saturated carbocycles. The molecule has 1 heterocycles. The molecule has 0 spiro atoms. The molecule has 162 valence electrons. The monoisotopic (exact) mass is 501 g/mol. The molecular weight excluding hydrogens is 478 g/mol. The smallest absolute Gasteiger partial charge is 0.259 e. The lowest BCUT2D eigenvalue weighted by Crippen LogP contribution is -2.46. The Balaban J connectivity index is 1.56. The number of rotatable bonds is 5. The number of amides is 1. The molecule has 1 saturated heterocycles. The summed E-state index contributed by atoms with van der Waals surface area (Å²) in [5.74, 6) is 0.261. The first-order chi connectivity index (χ1) is 15.0. The van der Waals surface area contributed by atoms with Crippen LogP contribution in [0.5, 0.6) is 5.75 Å². The van der Waals surface area contributed by atoms with Gasteiger partial charge in [0.05, 0.1) is 27.9 Å². The minimum atomic E-state index is -0.247.